The predicted molar refractivity (Wildman–Crippen MR) is 69.9 cm³/mol. The molecule has 0 saturated heterocycles. The molecule has 0 amide bonds. The van der Waals surface area contributed by atoms with Crippen molar-refractivity contribution in [1.82, 2.24) is 0 Å². The Morgan fingerprint density at radius 1 is 0.947 bits per heavy atom. The summed E-state index contributed by atoms with van der Waals surface area (Å²) >= 11 is 0. The van der Waals surface area contributed by atoms with Gasteiger partial charge in [-0.3, -0.25) is 9.05 Å². The maximum Gasteiger partial charge on any atom is 0.512 e. The van der Waals surface area contributed by atoms with Crippen LogP contribution >= 0.6 is 7.91 Å². The van der Waals surface area contributed by atoms with Crippen molar-refractivity contribution in [3.63, 3.8) is 0 Å². The molecule has 0 heterocycles. The van der Waals surface area contributed by atoms with E-state index >= 15 is 0 Å². The van der Waals surface area contributed by atoms with Gasteiger partial charge in [-0.1, -0.05) is 0 Å². The van der Waals surface area contributed by atoms with Crippen molar-refractivity contribution in [2.45, 2.75) is 13.8 Å². The Hall–Kier alpha value is -0.0800. The minimum atomic E-state index is -4.15. The number of ether oxygens (including phenoxy) is 2. The fourth-order valence-corrected chi connectivity index (χ4v) is 0.659. The molecule has 0 bridgehead atoms. The Bertz CT molecular complexity index is 181. The molecule has 120 valence electrons. The van der Waals surface area contributed by atoms with E-state index in [1.165, 1.54) is 0 Å². The quantitative estimate of drug-likeness (QED) is 0.517. The fourth-order valence-electron chi connectivity index (χ4n) is 0.510. The number of rotatable bonds is 8. The molecule has 2 N–H and O–H groups in total. The number of hydrogen-bond donors (Lipinski definition) is 2. The van der Waals surface area contributed by atoms with Gasteiger partial charge < -0.3 is 19.7 Å². The Kier molecular flexibility index (Phi) is 25.5. The van der Waals surface area contributed by atoms with Crippen LogP contribution in [-0.2, 0) is 23.1 Å². The first-order chi connectivity index (χ1) is 8.95. The molecule has 0 unspecified atom stereocenters. The molecule has 0 fully saturated rings. The maximum atomic E-state index is 11.7. The molecule has 0 radical (unpaired) electrons. The average Bonchev–Trinajstić information content (AvgIpc) is 2.42. The molecule has 7 nitrogen and oxygen atoms in total. The van der Waals surface area contributed by atoms with E-state index in [9.17, 15) is 8.76 Å². The van der Waals surface area contributed by atoms with E-state index in [4.69, 9.17) is 14.9 Å². The molecule has 0 aliphatic carbocycles. The third-order valence-electron chi connectivity index (χ3n) is 1.32. The van der Waals surface area contributed by atoms with E-state index in [-0.39, 0.29) is 13.2 Å². The molecule has 0 spiro atoms. The van der Waals surface area contributed by atoms with Gasteiger partial charge in [0.1, 0.15) is 0 Å². The monoisotopic (exact) mass is 308 g/mol. The normalized spacial score (nSPS) is 10.1. The van der Waals surface area contributed by atoms with E-state index < -0.39 is 7.91 Å². The highest BCUT2D eigenvalue weighted by molar-refractivity contribution is 7.47. The van der Waals surface area contributed by atoms with Gasteiger partial charge in [-0.05, 0) is 13.8 Å². The lowest BCUT2D eigenvalue weighted by Crippen LogP contribution is -2.03. The summed E-state index contributed by atoms with van der Waals surface area (Å²) in [5, 5.41) is 16.2. The minimum Gasteiger partial charge on any atom is -0.394 e. The van der Waals surface area contributed by atoms with Gasteiger partial charge in [0.05, 0.1) is 26.4 Å². The summed E-state index contributed by atoms with van der Waals surface area (Å²) in [6.07, 6.45) is 0. The summed E-state index contributed by atoms with van der Waals surface area (Å²) in [5.74, 6) is 0. The van der Waals surface area contributed by atoms with Gasteiger partial charge in [0.2, 0.25) is 0 Å². The molecule has 19 heavy (non-hydrogen) atoms. The maximum absolute atomic E-state index is 11.7. The number of halogens is 1. The average molecular weight is 308 g/mol. The van der Waals surface area contributed by atoms with Gasteiger partial charge in [0.15, 0.2) is 0 Å². The second-order valence-corrected chi connectivity index (χ2v) is 4.23. The second kappa shape index (κ2) is 20.2. The van der Waals surface area contributed by atoms with Crippen LogP contribution in [0, 0.1) is 0 Å². The smallest absolute Gasteiger partial charge is 0.394 e. The summed E-state index contributed by atoms with van der Waals surface area (Å²) in [7, 11) is -2.20. The van der Waals surface area contributed by atoms with Crippen molar-refractivity contribution in [2.75, 3.05) is 53.9 Å². The molecule has 0 rings (SSSR count). The zero-order chi connectivity index (χ0) is 15.6. The molecule has 0 aromatic rings. The highest BCUT2D eigenvalue weighted by atomic mass is 31.2. The number of hydrogen-bond acceptors (Lipinski definition) is 7. The summed E-state index contributed by atoms with van der Waals surface area (Å²) in [4.78, 5) is 0. The molecule has 0 saturated carbocycles. The van der Waals surface area contributed by atoms with Crippen LogP contribution < -0.4 is 0 Å². The molecule has 9 heteroatoms. The van der Waals surface area contributed by atoms with Crippen LogP contribution in [0.25, 0.3) is 0 Å². The highest BCUT2D eigenvalue weighted by Gasteiger charge is 2.17. The largest absolute Gasteiger partial charge is 0.512 e. The molecular formula is C10H26FO7P. The van der Waals surface area contributed by atoms with Gasteiger partial charge in [-0.25, -0.2) is 4.57 Å². The summed E-state index contributed by atoms with van der Waals surface area (Å²) in [5.41, 5.74) is 0. The van der Waals surface area contributed by atoms with Gasteiger partial charge in [0.25, 0.3) is 0 Å². The number of aliphatic hydroxyl groups is 2. The van der Waals surface area contributed by atoms with Crippen LogP contribution in [0.15, 0.2) is 0 Å². The third-order valence-corrected chi connectivity index (χ3v) is 2.19. The molecule has 0 aromatic heterocycles. The van der Waals surface area contributed by atoms with Crippen LogP contribution in [0.5, 0.6) is 0 Å². The van der Waals surface area contributed by atoms with Gasteiger partial charge in [-0.2, -0.15) is 0 Å². The molecule has 0 aromatic carbocycles. The van der Waals surface area contributed by atoms with Crippen molar-refractivity contribution < 1.29 is 37.5 Å². The topological polar surface area (TPSA) is 94.5 Å². The van der Waals surface area contributed by atoms with E-state index in [1.54, 1.807) is 0 Å². The van der Waals surface area contributed by atoms with Gasteiger partial charge >= 0.3 is 7.91 Å². The van der Waals surface area contributed by atoms with Crippen LogP contribution in [0.3, 0.4) is 0 Å². The van der Waals surface area contributed by atoms with Gasteiger partial charge in [0, 0.05) is 27.4 Å². The lowest BCUT2D eigenvalue weighted by atomic mass is 10.7. The third kappa shape index (κ3) is 32.0. The lowest BCUT2D eigenvalue weighted by Gasteiger charge is -1.98. The first-order valence-corrected chi connectivity index (χ1v) is 7.17. The Balaban J connectivity index is -0.000000206. The van der Waals surface area contributed by atoms with E-state index in [1.807, 2.05) is 13.8 Å². The molecule has 0 aliphatic heterocycles. The van der Waals surface area contributed by atoms with Crippen LogP contribution in [-0.4, -0.2) is 64.1 Å². The minimum absolute atomic E-state index is 0.0278. The molecule has 0 atom stereocenters. The van der Waals surface area contributed by atoms with Crippen molar-refractivity contribution in [2.24, 2.45) is 0 Å². The van der Waals surface area contributed by atoms with Crippen LogP contribution in [0.1, 0.15) is 13.8 Å². The van der Waals surface area contributed by atoms with Crippen molar-refractivity contribution >= 4 is 7.91 Å². The summed E-state index contributed by atoms with van der Waals surface area (Å²) in [6, 6.07) is 0. The first kappa shape index (κ1) is 24.0. The number of aliphatic hydroxyl groups excluding tert-OH is 2. The SMILES string of the molecule is CCOCC.COP(=O)(F)OC.OCCOCCO. The van der Waals surface area contributed by atoms with Crippen LogP contribution in [0.2, 0.25) is 0 Å². The Morgan fingerprint density at radius 3 is 1.42 bits per heavy atom. The molecule has 0 aliphatic rings. The first-order valence-electron chi connectivity index (χ1n) is 5.73. The second-order valence-electron chi connectivity index (χ2n) is 2.64. The Morgan fingerprint density at radius 2 is 1.32 bits per heavy atom. The van der Waals surface area contributed by atoms with Crippen LogP contribution in [0.4, 0.5) is 4.20 Å². The predicted octanol–water partition coefficient (Wildman–Crippen LogP) is 1.39. The summed E-state index contributed by atoms with van der Waals surface area (Å²) < 4.78 is 38.5. The van der Waals surface area contributed by atoms with E-state index in [0.29, 0.717) is 13.2 Å². The van der Waals surface area contributed by atoms with Crippen molar-refractivity contribution in [3.8, 4) is 0 Å². The van der Waals surface area contributed by atoms with E-state index in [2.05, 4.69) is 13.8 Å². The Labute approximate surface area is 114 Å². The van der Waals surface area contributed by atoms with E-state index in [0.717, 1.165) is 27.4 Å². The lowest BCUT2D eigenvalue weighted by molar-refractivity contribution is 0.0650. The molecular weight excluding hydrogens is 282 g/mol. The zero-order valence-electron chi connectivity index (χ0n) is 12.0. The zero-order valence-corrected chi connectivity index (χ0v) is 12.9. The van der Waals surface area contributed by atoms with Gasteiger partial charge in [-0.15, -0.1) is 4.20 Å². The summed E-state index contributed by atoms with van der Waals surface area (Å²) in [6.45, 7) is 6.36. The standard InChI is InChI=1S/C4H10O3.C4H10O.C2H6FO3P/c5-1-3-7-4-2-6;1-3-5-4-2;1-5-7(3,4)6-2/h5-6H,1-4H2;3-4H2,1-2H3;1-2H3. The fraction of sp³-hybridized carbons (Fsp3) is 1.00. The van der Waals surface area contributed by atoms with Crippen molar-refractivity contribution in [3.05, 3.63) is 0 Å². The van der Waals surface area contributed by atoms with Crippen molar-refractivity contribution in [1.29, 1.82) is 0 Å². The highest BCUT2D eigenvalue weighted by Crippen LogP contribution is 2.47.